The van der Waals surface area contributed by atoms with E-state index in [4.69, 9.17) is 0 Å². The first-order valence-electron chi connectivity index (χ1n) is 5.79. The average Bonchev–Trinajstić information content (AvgIpc) is 3.01. The molecule has 0 aliphatic heterocycles. The van der Waals surface area contributed by atoms with Gasteiger partial charge < -0.3 is 10.6 Å². The highest BCUT2D eigenvalue weighted by molar-refractivity contribution is 5.44. The predicted molar refractivity (Wildman–Crippen MR) is 62.8 cm³/mol. The van der Waals surface area contributed by atoms with Crippen molar-refractivity contribution in [2.24, 2.45) is 0 Å². The van der Waals surface area contributed by atoms with Crippen LogP contribution in [0, 0.1) is 5.82 Å². The van der Waals surface area contributed by atoms with E-state index in [0.717, 1.165) is 11.4 Å². The summed E-state index contributed by atoms with van der Waals surface area (Å²) in [5.41, 5.74) is 0.903. The molecule has 2 rings (SSSR count). The number of aromatic nitrogens is 1. The van der Waals surface area contributed by atoms with Crippen molar-refractivity contribution in [1.29, 1.82) is 0 Å². The molecule has 0 bridgehead atoms. The van der Waals surface area contributed by atoms with Crippen molar-refractivity contribution in [2.45, 2.75) is 45.3 Å². The Balaban J connectivity index is 2.07. The number of rotatable bonds is 5. The zero-order valence-electron chi connectivity index (χ0n) is 9.76. The Bertz CT molecular complexity index is 361. The molecule has 2 N–H and O–H groups in total. The monoisotopic (exact) mass is 223 g/mol. The molecule has 1 fully saturated rings. The quantitative estimate of drug-likeness (QED) is 0.804. The second-order valence-electron chi connectivity index (χ2n) is 4.62. The van der Waals surface area contributed by atoms with Gasteiger partial charge >= 0.3 is 0 Å². The van der Waals surface area contributed by atoms with Crippen LogP contribution in [-0.4, -0.2) is 17.1 Å². The molecule has 4 heteroatoms. The van der Waals surface area contributed by atoms with Crippen LogP contribution in [0.2, 0.25) is 0 Å². The second kappa shape index (κ2) is 4.78. The van der Waals surface area contributed by atoms with Crippen LogP contribution >= 0.6 is 0 Å². The fourth-order valence-corrected chi connectivity index (χ4v) is 1.56. The van der Waals surface area contributed by atoms with Crippen molar-refractivity contribution in [1.82, 2.24) is 10.3 Å². The molecule has 0 amide bonds. The minimum atomic E-state index is -0.276. The lowest BCUT2D eigenvalue weighted by molar-refractivity contribution is 0.612. The van der Waals surface area contributed by atoms with E-state index in [1.165, 1.54) is 19.0 Å². The summed E-state index contributed by atoms with van der Waals surface area (Å²) in [5, 5.41) is 6.59. The summed E-state index contributed by atoms with van der Waals surface area (Å²) >= 11 is 0. The van der Waals surface area contributed by atoms with E-state index in [2.05, 4.69) is 15.6 Å². The molecule has 1 heterocycles. The first kappa shape index (κ1) is 11.3. The third kappa shape index (κ3) is 3.17. The molecular formula is C12H18FN3. The molecule has 1 aliphatic rings. The van der Waals surface area contributed by atoms with Crippen LogP contribution in [0.4, 0.5) is 10.2 Å². The Morgan fingerprint density at radius 2 is 2.25 bits per heavy atom. The molecule has 0 unspecified atom stereocenters. The summed E-state index contributed by atoms with van der Waals surface area (Å²) in [6.07, 6.45) is 3.72. The maximum absolute atomic E-state index is 13.1. The number of nitrogens with one attached hydrogen (secondary N) is 2. The topological polar surface area (TPSA) is 37.0 Å². The third-order valence-electron chi connectivity index (χ3n) is 2.52. The summed E-state index contributed by atoms with van der Waals surface area (Å²) < 4.78 is 13.1. The van der Waals surface area contributed by atoms with E-state index in [0.29, 0.717) is 18.6 Å². The van der Waals surface area contributed by atoms with Crippen molar-refractivity contribution in [3.05, 3.63) is 23.6 Å². The summed E-state index contributed by atoms with van der Waals surface area (Å²) in [6, 6.07) is 2.47. The molecule has 88 valence electrons. The van der Waals surface area contributed by atoms with E-state index >= 15 is 0 Å². The minimum absolute atomic E-state index is 0.276. The van der Waals surface area contributed by atoms with E-state index in [1.807, 2.05) is 13.8 Å². The van der Waals surface area contributed by atoms with Gasteiger partial charge in [-0.05, 0) is 32.8 Å². The molecular weight excluding hydrogens is 205 g/mol. The highest BCUT2D eigenvalue weighted by Crippen LogP contribution is 2.21. The molecule has 0 radical (unpaired) electrons. The van der Waals surface area contributed by atoms with Crippen molar-refractivity contribution in [3.63, 3.8) is 0 Å². The molecule has 1 aromatic heterocycles. The highest BCUT2D eigenvalue weighted by Gasteiger charge is 2.20. The molecule has 1 aromatic rings. The fourth-order valence-electron chi connectivity index (χ4n) is 1.56. The van der Waals surface area contributed by atoms with Gasteiger partial charge in [-0.25, -0.2) is 9.37 Å². The molecule has 0 aromatic carbocycles. The van der Waals surface area contributed by atoms with E-state index in [-0.39, 0.29) is 5.82 Å². The Morgan fingerprint density at radius 1 is 1.50 bits per heavy atom. The van der Waals surface area contributed by atoms with Crippen molar-refractivity contribution in [3.8, 4) is 0 Å². The van der Waals surface area contributed by atoms with E-state index in [9.17, 15) is 4.39 Å². The van der Waals surface area contributed by atoms with Gasteiger partial charge in [0.05, 0.1) is 6.20 Å². The molecule has 3 nitrogen and oxygen atoms in total. The maximum Gasteiger partial charge on any atom is 0.141 e. The zero-order valence-corrected chi connectivity index (χ0v) is 9.76. The smallest absolute Gasteiger partial charge is 0.141 e. The molecule has 0 atom stereocenters. The third-order valence-corrected chi connectivity index (χ3v) is 2.52. The van der Waals surface area contributed by atoms with E-state index < -0.39 is 0 Å². The standard InChI is InChI=1S/C12H18FN3/c1-8(2)16-12-9(5-10(13)7-15-12)6-14-11-3-4-11/h5,7-8,11,14H,3-4,6H2,1-2H3,(H,15,16). The van der Waals surface area contributed by atoms with Gasteiger partial charge in [-0.3, -0.25) is 0 Å². The van der Waals surface area contributed by atoms with Gasteiger partial charge in [-0.1, -0.05) is 0 Å². The zero-order chi connectivity index (χ0) is 11.5. The first-order chi connectivity index (χ1) is 7.65. The lowest BCUT2D eigenvalue weighted by atomic mass is 10.2. The Hall–Kier alpha value is -1.16. The Kier molecular flexibility index (Phi) is 3.39. The summed E-state index contributed by atoms with van der Waals surface area (Å²) in [5.74, 6) is 0.506. The number of nitrogens with zero attached hydrogens (tertiary/aromatic N) is 1. The molecule has 1 aliphatic carbocycles. The van der Waals surface area contributed by atoms with Gasteiger partial charge in [0.15, 0.2) is 0 Å². The Morgan fingerprint density at radius 3 is 2.88 bits per heavy atom. The van der Waals surface area contributed by atoms with Crippen molar-refractivity contribution in [2.75, 3.05) is 5.32 Å². The maximum atomic E-state index is 13.1. The lowest BCUT2D eigenvalue weighted by Crippen LogP contribution is -2.19. The van der Waals surface area contributed by atoms with Crippen molar-refractivity contribution >= 4 is 5.82 Å². The van der Waals surface area contributed by atoms with Crippen LogP contribution in [-0.2, 0) is 6.54 Å². The van der Waals surface area contributed by atoms with Crippen LogP contribution in [0.5, 0.6) is 0 Å². The highest BCUT2D eigenvalue weighted by atomic mass is 19.1. The summed E-state index contributed by atoms with van der Waals surface area (Å²) in [7, 11) is 0. The van der Waals surface area contributed by atoms with Gasteiger partial charge in [0.25, 0.3) is 0 Å². The number of anilines is 1. The van der Waals surface area contributed by atoms with Gasteiger partial charge in [0, 0.05) is 24.2 Å². The van der Waals surface area contributed by atoms with Gasteiger partial charge in [-0.15, -0.1) is 0 Å². The van der Waals surface area contributed by atoms with Crippen LogP contribution in [0.1, 0.15) is 32.3 Å². The van der Waals surface area contributed by atoms with E-state index in [1.54, 1.807) is 6.07 Å². The summed E-state index contributed by atoms with van der Waals surface area (Å²) in [6.45, 7) is 4.77. The van der Waals surface area contributed by atoms with Gasteiger partial charge in [-0.2, -0.15) is 0 Å². The van der Waals surface area contributed by atoms with Gasteiger partial charge in [0.1, 0.15) is 11.6 Å². The van der Waals surface area contributed by atoms with Crippen LogP contribution in [0.25, 0.3) is 0 Å². The lowest BCUT2D eigenvalue weighted by Gasteiger charge is -2.14. The largest absolute Gasteiger partial charge is 0.368 e. The average molecular weight is 223 g/mol. The number of hydrogen-bond acceptors (Lipinski definition) is 3. The predicted octanol–water partition coefficient (Wildman–Crippen LogP) is 2.29. The molecule has 16 heavy (non-hydrogen) atoms. The summed E-state index contributed by atoms with van der Waals surface area (Å²) in [4.78, 5) is 4.09. The second-order valence-corrected chi connectivity index (χ2v) is 4.62. The van der Waals surface area contributed by atoms with Crippen LogP contribution in [0.15, 0.2) is 12.3 Å². The number of halogens is 1. The van der Waals surface area contributed by atoms with Crippen LogP contribution in [0.3, 0.4) is 0 Å². The number of hydrogen-bond donors (Lipinski definition) is 2. The molecule has 0 saturated heterocycles. The molecule has 0 spiro atoms. The first-order valence-corrected chi connectivity index (χ1v) is 5.79. The molecule has 1 saturated carbocycles. The normalized spacial score (nSPS) is 15.5. The number of pyridine rings is 1. The van der Waals surface area contributed by atoms with Gasteiger partial charge in [0.2, 0.25) is 0 Å². The Labute approximate surface area is 95.5 Å². The fraction of sp³-hybridized carbons (Fsp3) is 0.583. The van der Waals surface area contributed by atoms with Crippen LogP contribution < -0.4 is 10.6 Å². The minimum Gasteiger partial charge on any atom is -0.368 e. The SMILES string of the molecule is CC(C)Nc1ncc(F)cc1CNC1CC1. The van der Waals surface area contributed by atoms with Crippen molar-refractivity contribution < 1.29 is 4.39 Å².